The molecule has 0 radical (unpaired) electrons. The number of aliphatic hydroxyl groups is 2. The van der Waals surface area contributed by atoms with Gasteiger partial charge in [-0.3, -0.25) is 0 Å². The van der Waals surface area contributed by atoms with Crippen LogP contribution in [0.5, 0.6) is 0 Å². The molecular formula is C10H18O6. The van der Waals surface area contributed by atoms with Crippen LogP contribution in [0.2, 0.25) is 0 Å². The Morgan fingerprint density at radius 1 is 1.25 bits per heavy atom. The Hall–Kier alpha value is -0.240. The van der Waals surface area contributed by atoms with Crippen LogP contribution in [-0.4, -0.2) is 67.8 Å². The van der Waals surface area contributed by atoms with Gasteiger partial charge in [-0.1, -0.05) is 0 Å². The molecule has 0 spiro atoms. The van der Waals surface area contributed by atoms with Gasteiger partial charge in [-0.2, -0.15) is 0 Å². The molecule has 6 nitrogen and oxygen atoms in total. The van der Waals surface area contributed by atoms with E-state index in [-0.39, 0.29) is 12.7 Å². The van der Waals surface area contributed by atoms with E-state index in [9.17, 15) is 10.2 Å². The van der Waals surface area contributed by atoms with Gasteiger partial charge in [0.2, 0.25) is 0 Å². The summed E-state index contributed by atoms with van der Waals surface area (Å²) in [5, 5.41) is 19.2. The van der Waals surface area contributed by atoms with E-state index in [2.05, 4.69) is 0 Å². The van der Waals surface area contributed by atoms with E-state index in [1.54, 1.807) is 7.11 Å². The van der Waals surface area contributed by atoms with Crippen LogP contribution in [0, 0.1) is 0 Å². The van der Waals surface area contributed by atoms with E-state index in [4.69, 9.17) is 18.9 Å². The van der Waals surface area contributed by atoms with Crippen LogP contribution in [0.4, 0.5) is 0 Å². The van der Waals surface area contributed by atoms with Crippen LogP contribution < -0.4 is 0 Å². The third-order valence-corrected chi connectivity index (χ3v) is 2.89. The summed E-state index contributed by atoms with van der Waals surface area (Å²) in [6, 6.07) is 0. The van der Waals surface area contributed by atoms with Crippen molar-refractivity contribution in [2.75, 3.05) is 26.9 Å². The maximum atomic E-state index is 9.77. The van der Waals surface area contributed by atoms with Gasteiger partial charge in [-0.05, 0) is 0 Å². The zero-order chi connectivity index (χ0) is 11.5. The lowest BCUT2D eigenvalue weighted by atomic mass is 9.99. The SMILES string of the molecule is COCCC1OC[C@H]2OC[C@H](O)[C@@H](O)[C@@H]2O1. The number of hydrogen-bond acceptors (Lipinski definition) is 6. The molecule has 6 heteroatoms. The summed E-state index contributed by atoms with van der Waals surface area (Å²) in [6.45, 7) is 1.03. The minimum atomic E-state index is -0.910. The summed E-state index contributed by atoms with van der Waals surface area (Å²) in [4.78, 5) is 0. The number of methoxy groups -OCH3 is 1. The van der Waals surface area contributed by atoms with Gasteiger partial charge in [0, 0.05) is 13.5 Å². The monoisotopic (exact) mass is 234 g/mol. The Balaban J connectivity index is 1.89. The van der Waals surface area contributed by atoms with Crippen molar-refractivity contribution >= 4 is 0 Å². The predicted octanol–water partition coefficient (Wildman–Crippen LogP) is -1.11. The van der Waals surface area contributed by atoms with Crippen LogP contribution in [0.3, 0.4) is 0 Å². The molecule has 94 valence electrons. The molecule has 2 saturated heterocycles. The highest BCUT2D eigenvalue weighted by Gasteiger charge is 2.43. The van der Waals surface area contributed by atoms with Gasteiger partial charge < -0.3 is 29.2 Å². The van der Waals surface area contributed by atoms with Crippen LogP contribution >= 0.6 is 0 Å². The quantitative estimate of drug-likeness (QED) is 0.644. The minimum Gasteiger partial charge on any atom is -0.388 e. The summed E-state index contributed by atoms with van der Waals surface area (Å²) >= 11 is 0. The van der Waals surface area contributed by atoms with Crippen LogP contribution in [0.15, 0.2) is 0 Å². The van der Waals surface area contributed by atoms with Crippen LogP contribution in [-0.2, 0) is 18.9 Å². The lowest BCUT2D eigenvalue weighted by Gasteiger charge is -2.43. The maximum Gasteiger partial charge on any atom is 0.160 e. The van der Waals surface area contributed by atoms with E-state index in [0.29, 0.717) is 19.6 Å². The van der Waals surface area contributed by atoms with Crippen molar-refractivity contribution in [2.24, 2.45) is 0 Å². The molecule has 16 heavy (non-hydrogen) atoms. The molecule has 5 atom stereocenters. The number of fused-ring (bicyclic) bond motifs is 1. The Morgan fingerprint density at radius 3 is 2.81 bits per heavy atom. The highest BCUT2D eigenvalue weighted by Crippen LogP contribution is 2.25. The number of ether oxygens (including phenoxy) is 4. The summed E-state index contributed by atoms with van der Waals surface area (Å²) in [5.74, 6) is 0. The van der Waals surface area contributed by atoms with Gasteiger partial charge >= 0.3 is 0 Å². The molecule has 0 saturated carbocycles. The molecule has 2 N–H and O–H groups in total. The van der Waals surface area contributed by atoms with E-state index in [0.717, 1.165) is 0 Å². The average molecular weight is 234 g/mol. The predicted molar refractivity (Wildman–Crippen MR) is 52.9 cm³/mol. The Labute approximate surface area is 94.1 Å². The number of rotatable bonds is 3. The lowest BCUT2D eigenvalue weighted by molar-refractivity contribution is -0.312. The first-order valence-electron chi connectivity index (χ1n) is 5.46. The fourth-order valence-corrected chi connectivity index (χ4v) is 1.95. The number of hydrogen-bond donors (Lipinski definition) is 2. The zero-order valence-electron chi connectivity index (χ0n) is 9.24. The Kier molecular flexibility index (Phi) is 4.12. The van der Waals surface area contributed by atoms with Crippen molar-refractivity contribution in [2.45, 2.75) is 37.1 Å². The fourth-order valence-electron chi connectivity index (χ4n) is 1.95. The van der Waals surface area contributed by atoms with Gasteiger partial charge in [0.1, 0.15) is 24.4 Å². The molecule has 0 bridgehead atoms. The molecule has 2 heterocycles. The van der Waals surface area contributed by atoms with Crippen molar-refractivity contribution < 1.29 is 29.2 Å². The standard InChI is InChI=1S/C10H18O6/c1-13-3-2-8-15-5-7-10(16-8)9(12)6(11)4-14-7/h6-12H,2-5H2,1H3/t6-,7+,8?,9+,10+/m0/s1. The summed E-state index contributed by atoms with van der Waals surface area (Å²) in [7, 11) is 1.61. The molecule has 0 amide bonds. The van der Waals surface area contributed by atoms with E-state index < -0.39 is 24.6 Å². The second-order valence-corrected chi connectivity index (χ2v) is 4.07. The van der Waals surface area contributed by atoms with E-state index >= 15 is 0 Å². The van der Waals surface area contributed by atoms with Crippen molar-refractivity contribution in [1.29, 1.82) is 0 Å². The first-order valence-corrected chi connectivity index (χ1v) is 5.46. The molecular weight excluding hydrogens is 216 g/mol. The van der Waals surface area contributed by atoms with Crippen molar-refractivity contribution in [3.8, 4) is 0 Å². The highest BCUT2D eigenvalue weighted by molar-refractivity contribution is 4.89. The van der Waals surface area contributed by atoms with Gasteiger partial charge in [0.05, 0.1) is 19.8 Å². The normalized spacial score (nSPS) is 44.1. The highest BCUT2D eigenvalue weighted by atomic mass is 16.7. The van der Waals surface area contributed by atoms with Gasteiger partial charge in [0.15, 0.2) is 6.29 Å². The smallest absolute Gasteiger partial charge is 0.160 e. The van der Waals surface area contributed by atoms with E-state index in [1.807, 2.05) is 0 Å². The minimum absolute atomic E-state index is 0.123. The largest absolute Gasteiger partial charge is 0.388 e. The second-order valence-electron chi connectivity index (χ2n) is 4.07. The molecule has 2 aliphatic heterocycles. The van der Waals surface area contributed by atoms with Crippen LogP contribution in [0.25, 0.3) is 0 Å². The van der Waals surface area contributed by atoms with Gasteiger partial charge in [-0.25, -0.2) is 0 Å². The Morgan fingerprint density at radius 2 is 2.06 bits per heavy atom. The molecule has 0 aliphatic carbocycles. The first-order chi connectivity index (χ1) is 7.72. The average Bonchev–Trinajstić information content (AvgIpc) is 2.31. The molecule has 2 fully saturated rings. The van der Waals surface area contributed by atoms with Gasteiger partial charge in [0.25, 0.3) is 0 Å². The lowest BCUT2D eigenvalue weighted by Crippen LogP contribution is -2.59. The summed E-state index contributed by atoms with van der Waals surface area (Å²) in [6.07, 6.45) is -2.40. The number of aliphatic hydroxyl groups excluding tert-OH is 2. The second kappa shape index (κ2) is 5.39. The topological polar surface area (TPSA) is 77.4 Å². The zero-order valence-corrected chi connectivity index (χ0v) is 9.24. The third kappa shape index (κ3) is 2.53. The van der Waals surface area contributed by atoms with Crippen LogP contribution in [0.1, 0.15) is 6.42 Å². The first kappa shape index (κ1) is 12.2. The molecule has 2 rings (SSSR count). The fraction of sp³-hybridized carbons (Fsp3) is 1.00. The van der Waals surface area contributed by atoms with Crippen molar-refractivity contribution in [1.82, 2.24) is 0 Å². The van der Waals surface area contributed by atoms with Gasteiger partial charge in [-0.15, -0.1) is 0 Å². The maximum absolute atomic E-state index is 9.77. The van der Waals surface area contributed by atoms with E-state index in [1.165, 1.54) is 0 Å². The molecule has 0 aromatic carbocycles. The molecule has 0 aromatic rings. The van der Waals surface area contributed by atoms with Crippen molar-refractivity contribution in [3.05, 3.63) is 0 Å². The summed E-state index contributed by atoms with van der Waals surface area (Å²) < 4.78 is 21.2. The summed E-state index contributed by atoms with van der Waals surface area (Å²) in [5.41, 5.74) is 0. The van der Waals surface area contributed by atoms with Crippen molar-refractivity contribution in [3.63, 3.8) is 0 Å². The molecule has 1 unspecified atom stereocenters. The molecule has 2 aliphatic rings. The third-order valence-electron chi connectivity index (χ3n) is 2.89. The molecule has 0 aromatic heterocycles. The Bertz CT molecular complexity index is 221.